The van der Waals surface area contributed by atoms with Crippen molar-refractivity contribution in [1.82, 2.24) is 20.6 Å². The fourth-order valence-electron chi connectivity index (χ4n) is 3.50. The molecule has 0 bridgehead atoms. The Morgan fingerprint density at radius 2 is 1.12 bits per heavy atom. The van der Waals surface area contributed by atoms with E-state index in [0.717, 1.165) is 16.5 Å². The van der Waals surface area contributed by atoms with E-state index in [1.165, 1.54) is 17.5 Å². The summed E-state index contributed by atoms with van der Waals surface area (Å²) in [7, 11) is 0. The highest BCUT2D eigenvalue weighted by molar-refractivity contribution is 5.87. The quantitative estimate of drug-likeness (QED) is 0.137. The molecule has 13 nitrogen and oxygen atoms in total. The van der Waals surface area contributed by atoms with Gasteiger partial charge < -0.3 is 0 Å². The Labute approximate surface area is 226 Å². The summed E-state index contributed by atoms with van der Waals surface area (Å²) in [5, 5.41) is 37.9. The minimum Gasteiger partial charge on any atom is -0.290 e. The maximum absolute atomic E-state index is 10.6. The third-order valence-corrected chi connectivity index (χ3v) is 5.18. The molecule has 13 heteroatoms. The molecule has 0 fully saturated rings. The van der Waals surface area contributed by atoms with Gasteiger partial charge in [-0.1, -0.05) is 48.5 Å². The van der Waals surface area contributed by atoms with Crippen molar-refractivity contribution in [1.29, 1.82) is 0 Å². The predicted octanol–water partition coefficient (Wildman–Crippen LogP) is 5.89. The van der Waals surface area contributed by atoms with Crippen LogP contribution in [0.3, 0.4) is 0 Å². The van der Waals surface area contributed by atoms with E-state index in [4.69, 9.17) is 10.5 Å². The summed E-state index contributed by atoms with van der Waals surface area (Å²) < 4.78 is 0. The minimum absolute atomic E-state index is 0.0538. The standard InChI is InChI=1S/2C9H6N2O2.C9H7N.H3NO3/c12-11(13)9-5-1-4-8-7(9)3-2-6-10-8;12-11(13)8-5-1-3-7-4-2-6-10-9(7)8;1-2-6-9-8(4-1)5-3-7-10-9;2-1-4-3/h2*1-6H;1-7H;1-3H. The van der Waals surface area contributed by atoms with E-state index in [0.29, 0.717) is 16.4 Å². The molecule has 3 aromatic carbocycles. The van der Waals surface area contributed by atoms with Crippen LogP contribution in [0.5, 0.6) is 0 Å². The van der Waals surface area contributed by atoms with Gasteiger partial charge in [0.15, 0.2) is 0 Å². The summed E-state index contributed by atoms with van der Waals surface area (Å²) in [6.45, 7) is 0. The van der Waals surface area contributed by atoms with Crippen LogP contribution in [0.1, 0.15) is 0 Å². The Kier molecular flexibility index (Phi) is 11.0. The molecule has 0 saturated heterocycles. The van der Waals surface area contributed by atoms with Gasteiger partial charge in [-0.05, 0) is 42.0 Å². The maximum atomic E-state index is 10.6. The number of nitrogens with zero attached hydrogens (tertiary/aromatic N) is 5. The molecule has 202 valence electrons. The molecule has 6 rings (SSSR count). The summed E-state index contributed by atoms with van der Waals surface area (Å²) in [5.41, 5.74) is 3.29. The second-order valence-electron chi connectivity index (χ2n) is 7.59. The van der Waals surface area contributed by atoms with Gasteiger partial charge in [-0.25, -0.2) is 10.2 Å². The number of non-ortho nitro benzene ring substituents is 2. The van der Waals surface area contributed by atoms with Gasteiger partial charge in [-0.3, -0.25) is 35.4 Å². The number of para-hydroxylation sites is 2. The van der Waals surface area contributed by atoms with Crippen LogP contribution in [0.15, 0.2) is 116 Å². The van der Waals surface area contributed by atoms with Crippen LogP contribution in [-0.4, -0.2) is 35.3 Å². The molecule has 3 N–H and O–H groups in total. The number of hydrogen-bond donors (Lipinski definition) is 3. The number of nitrogens with one attached hydrogen (secondary N) is 1. The molecule has 6 aromatic rings. The van der Waals surface area contributed by atoms with E-state index in [9.17, 15) is 20.2 Å². The average Bonchev–Trinajstić information content (AvgIpc) is 3.01. The lowest BCUT2D eigenvalue weighted by atomic mass is 10.2. The zero-order valence-electron chi connectivity index (χ0n) is 20.6. The van der Waals surface area contributed by atoms with E-state index < -0.39 is 9.85 Å². The zero-order chi connectivity index (χ0) is 28.7. The zero-order valence-corrected chi connectivity index (χ0v) is 20.6. The van der Waals surface area contributed by atoms with Crippen LogP contribution in [0.2, 0.25) is 0 Å². The molecule has 0 aliphatic carbocycles. The predicted molar refractivity (Wildman–Crippen MR) is 147 cm³/mol. The van der Waals surface area contributed by atoms with Crippen LogP contribution < -0.4 is 5.64 Å². The topological polar surface area (TPSA) is 187 Å². The molecule has 0 radical (unpaired) electrons. The summed E-state index contributed by atoms with van der Waals surface area (Å²) in [6, 6.07) is 28.8. The van der Waals surface area contributed by atoms with E-state index in [1.807, 2.05) is 30.5 Å². The van der Waals surface area contributed by atoms with Gasteiger partial charge in [0.05, 0.1) is 26.3 Å². The maximum Gasteiger partial charge on any atom is 0.295 e. The number of nitro benzene ring substituents is 2. The first-order valence-electron chi connectivity index (χ1n) is 11.4. The first-order valence-corrected chi connectivity index (χ1v) is 11.4. The van der Waals surface area contributed by atoms with Crippen molar-refractivity contribution in [3.05, 3.63) is 136 Å². The van der Waals surface area contributed by atoms with Gasteiger partial charge in [0.25, 0.3) is 11.4 Å². The van der Waals surface area contributed by atoms with Gasteiger partial charge in [0.1, 0.15) is 5.52 Å². The molecule has 0 amide bonds. The molecule has 0 spiro atoms. The summed E-state index contributed by atoms with van der Waals surface area (Å²) in [6.07, 6.45) is 4.98. The van der Waals surface area contributed by atoms with Crippen molar-refractivity contribution >= 4 is 44.1 Å². The van der Waals surface area contributed by atoms with Gasteiger partial charge in [0, 0.05) is 41.5 Å². The van der Waals surface area contributed by atoms with Crippen molar-refractivity contribution in [3.63, 3.8) is 0 Å². The molecule has 0 aliphatic rings. The monoisotopic (exact) mass is 542 g/mol. The molecule has 0 atom stereocenters. The lowest BCUT2D eigenvalue weighted by Crippen LogP contribution is -2.02. The molecule has 0 aliphatic heterocycles. The highest BCUT2D eigenvalue weighted by Crippen LogP contribution is 2.23. The van der Waals surface area contributed by atoms with Crippen LogP contribution in [-0.2, 0) is 4.99 Å². The van der Waals surface area contributed by atoms with Crippen LogP contribution in [0, 0.1) is 20.2 Å². The number of benzene rings is 3. The van der Waals surface area contributed by atoms with Crippen LogP contribution >= 0.6 is 0 Å². The summed E-state index contributed by atoms with van der Waals surface area (Å²) >= 11 is 0. The Balaban J connectivity index is 0.000000156. The third-order valence-electron chi connectivity index (χ3n) is 5.18. The molecule has 0 saturated carbocycles. The minimum atomic E-state index is -0.421. The largest absolute Gasteiger partial charge is 0.295 e. The number of pyridine rings is 3. The van der Waals surface area contributed by atoms with E-state index in [2.05, 4.69) is 32.1 Å². The molecule has 0 unspecified atom stereocenters. The highest BCUT2D eigenvalue weighted by Gasteiger charge is 2.11. The van der Waals surface area contributed by atoms with E-state index in [1.54, 1.807) is 60.9 Å². The Morgan fingerprint density at radius 1 is 0.625 bits per heavy atom. The lowest BCUT2D eigenvalue weighted by molar-refractivity contribution is -0.383. The molecule has 3 heterocycles. The average molecular weight is 543 g/mol. The SMILES string of the molecule is O=[N+]([O-])c1cccc2cccnc12.O=[N+]([O-])c1cccc2ncccc12.ONOO.c1ccc2ncccc2c1. The van der Waals surface area contributed by atoms with Gasteiger partial charge in [-0.2, -0.15) is 0 Å². The Hall–Kier alpha value is -5.47. The normalized spacial score (nSPS) is 9.85. The van der Waals surface area contributed by atoms with Crippen molar-refractivity contribution in [3.8, 4) is 0 Å². The van der Waals surface area contributed by atoms with Crippen molar-refractivity contribution in [2.75, 3.05) is 0 Å². The number of nitro groups is 2. The second kappa shape index (κ2) is 15.1. The van der Waals surface area contributed by atoms with Crippen molar-refractivity contribution in [2.24, 2.45) is 0 Å². The fourth-order valence-corrected chi connectivity index (χ4v) is 3.50. The summed E-state index contributed by atoms with van der Waals surface area (Å²) in [5.74, 6) is 0. The van der Waals surface area contributed by atoms with Crippen molar-refractivity contribution < 1.29 is 25.3 Å². The van der Waals surface area contributed by atoms with Gasteiger partial charge in [-0.15, -0.1) is 4.99 Å². The van der Waals surface area contributed by atoms with E-state index in [-0.39, 0.29) is 11.4 Å². The van der Waals surface area contributed by atoms with Crippen LogP contribution in [0.4, 0.5) is 11.4 Å². The first-order chi connectivity index (χ1) is 19.5. The summed E-state index contributed by atoms with van der Waals surface area (Å²) in [4.78, 5) is 35.4. The number of hydrogen-bond acceptors (Lipinski definition) is 11. The number of fused-ring (bicyclic) bond motifs is 3. The highest BCUT2D eigenvalue weighted by atomic mass is 17.2. The number of rotatable bonds is 3. The van der Waals surface area contributed by atoms with Crippen molar-refractivity contribution in [2.45, 2.75) is 0 Å². The van der Waals surface area contributed by atoms with E-state index >= 15 is 0 Å². The second-order valence-corrected chi connectivity index (χ2v) is 7.59. The van der Waals surface area contributed by atoms with Gasteiger partial charge in [0.2, 0.25) is 0 Å². The molecule has 3 aromatic heterocycles. The van der Waals surface area contributed by atoms with Gasteiger partial charge >= 0.3 is 0 Å². The third kappa shape index (κ3) is 8.01. The lowest BCUT2D eigenvalue weighted by Gasteiger charge is -1.96. The Bertz CT molecular complexity index is 1550. The molecule has 40 heavy (non-hydrogen) atoms. The number of aromatic nitrogens is 3. The molecular weight excluding hydrogens is 520 g/mol. The van der Waals surface area contributed by atoms with Crippen LogP contribution in [0.25, 0.3) is 32.7 Å². The Morgan fingerprint density at radius 3 is 1.80 bits per heavy atom. The smallest absolute Gasteiger partial charge is 0.290 e. The fraction of sp³-hybridized carbons (Fsp3) is 0. The molecular formula is C27H22N6O7. The first kappa shape index (κ1) is 29.1.